The Morgan fingerprint density at radius 2 is 1.82 bits per heavy atom. The number of anilines is 1. The number of rotatable bonds is 10. The van der Waals surface area contributed by atoms with E-state index in [0.29, 0.717) is 29.2 Å². The van der Waals surface area contributed by atoms with Crippen molar-refractivity contribution in [3.63, 3.8) is 0 Å². The van der Waals surface area contributed by atoms with Gasteiger partial charge >= 0.3 is 0 Å². The monoisotopic (exact) mass is 387 g/mol. The summed E-state index contributed by atoms with van der Waals surface area (Å²) in [6.45, 7) is 6.98. The highest BCUT2D eigenvalue weighted by Gasteiger charge is 2.13. The van der Waals surface area contributed by atoms with Gasteiger partial charge in [-0.2, -0.15) is 0 Å². The Morgan fingerprint density at radius 1 is 1.11 bits per heavy atom. The van der Waals surface area contributed by atoms with Gasteiger partial charge in [-0.3, -0.25) is 4.79 Å². The minimum Gasteiger partial charge on any atom is -0.491 e. The van der Waals surface area contributed by atoms with Crippen LogP contribution in [0, 0.1) is 5.82 Å². The largest absolute Gasteiger partial charge is 0.491 e. The summed E-state index contributed by atoms with van der Waals surface area (Å²) in [5, 5.41) is 2.85. The SMILES string of the molecule is CCN(CC)c1ccc(CNC(=O)c2ccccc2OCCN(C)C)cc1F. The molecule has 1 amide bonds. The molecule has 2 rings (SSSR count). The van der Waals surface area contributed by atoms with Crippen LogP contribution >= 0.6 is 0 Å². The third kappa shape index (κ3) is 5.96. The lowest BCUT2D eigenvalue weighted by atomic mass is 10.1. The van der Waals surface area contributed by atoms with Crippen LogP contribution in [-0.2, 0) is 6.54 Å². The maximum absolute atomic E-state index is 14.4. The normalized spacial score (nSPS) is 10.8. The van der Waals surface area contributed by atoms with Gasteiger partial charge in [0, 0.05) is 26.2 Å². The third-order valence-electron chi connectivity index (χ3n) is 4.50. The van der Waals surface area contributed by atoms with Gasteiger partial charge in [0.2, 0.25) is 0 Å². The Bertz CT molecular complexity index is 776. The Hall–Kier alpha value is -2.60. The molecule has 0 atom stereocenters. The molecule has 2 aromatic rings. The molecule has 5 nitrogen and oxygen atoms in total. The number of carbonyl (C=O) groups excluding carboxylic acids is 1. The van der Waals surface area contributed by atoms with Crippen LogP contribution in [-0.4, -0.2) is 51.1 Å². The Morgan fingerprint density at radius 3 is 2.46 bits per heavy atom. The molecule has 0 aliphatic carbocycles. The number of ether oxygens (including phenoxy) is 1. The summed E-state index contributed by atoms with van der Waals surface area (Å²) in [6.07, 6.45) is 0. The second-order valence-electron chi connectivity index (χ2n) is 6.79. The summed E-state index contributed by atoms with van der Waals surface area (Å²) < 4.78 is 20.2. The molecule has 28 heavy (non-hydrogen) atoms. The van der Waals surface area contributed by atoms with Crippen LogP contribution in [0.25, 0.3) is 0 Å². The van der Waals surface area contributed by atoms with Crippen molar-refractivity contribution < 1.29 is 13.9 Å². The molecule has 0 bridgehead atoms. The number of nitrogens with zero attached hydrogens (tertiary/aromatic N) is 2. The second kappa shape index (κ2) is 10.7. The summed E-state index contributed by atoms with van der Waals surface area (Å²) in [5.74, 6) is 0.0291. The first kappa shape index (κ1) is 21.7. The van der Waals surface area contributed by atoms with Crippen molar-refractivity contribution in [2.75, 3.05) is 45.2 Å². The molecule has 0 aromatic heterocycles. The lowest BCUT2D eigenvalue weighted by Crippen LogP contribution is -2.25. The van der Waals surface area contributed by atoms with Crippen LogP contribution < -0.4 is 15.0 Å². The van der Waals surface area contributed by atoms with E-state index in [1.807, 2.05) is 49.9 Å². The van der Waals surface area contributed by atoms with E-state index in [0.717, 1.165) is 19.6 Å². The Balaban J connectivity index is 2.01. The van der Waals surface area contributed by atoms with Gasteiger partial charge in [0.05, 0.1) is 11.3 Å². The highest BCUT2D eigenvalue weighted by molar-refractivity contribution is 5.96. The molecule has 6 heteroatoms. The number of amides is 1. The van der Waals surface area contributed by atoms with Crippen LogP contribution in [0.1, 0.15) is 29.8 Å². The molecule has 0 radical (unpaired) electrons. The number of carbonyl (C=O) groups is 1. The molecule has 2 aromatic carbocycles. The molecule has 0 heterocycles. The average Bonchev–Trinajstić information content (AvgIpc) is 2.68. The summed E-state index contributed by atoms with van der Waals surface area (Å²) in [4.78, 5) is 16.6. The van der Waals surface area contributed by atoms with Crippen molar-refractivity contribution in [3.05, 3.63) is 59.4 Å². The van der Waals surface area contributed by atoms with Gasteiger partial charge in [-0.25, -0.2) is 4.39 Å². The zero-order valence-electron chi connectivity index (χ0n) is 17.2. The van der Waals surface area contributed by atoms with Crippen LogP contribution in [0.5, 0.6) is 5.75 Å². The van der Waals surface area contributed by atoms with Crippen molar-refractivity contribution >= 4 is 11.6 Å². The van der Waals surface area contributed by atoms with Crippen LogP contribution in [0.4, 0.5) is 10.1 Å². The molecule has 0 saturated heterocycles. The number of nitrogens with one attached hydrogen (secondary N) is 1. The lowest BCUT2D eigenvalue weighted by Gasteiger charge is -2.22. The Kier molecular flexibility index (Phi) is 8.26. The highest BCUT2D eigenvalue weighted by Crippen LogP contribution is 2.21. The third-order valence-corrected chi connectivity index (χ3v) is 4.50. The van der Waals surface area contributed by atoms with E-state index in [2.05, 4.69) is 5.32 Å². The van der Waals surface area contributed by atoms with Crippen molar-refractivity contribution in [1.82, 2.24) is 10.2 Å². The molecular weight excluding hydrogens is 357 g/mol. The number of para-hydroxylation sites is 1. The van der Waals surface area contributed by atoms with E-state index in [1.165, 1.54) is 6.07 Å². The summed E-state index contributed by atoms with van der Waals surface area (Å²) in [5.41, 5.74) is 1.77. The highest BCUT2D eigenvalue weighted by atomic mass is 19.1. The van der Waals surface area contributed by atoms with Crippen LogP contribution in [0.2, 0.25) is 0 Å². The van der Waals surface area contributed by atoms with E-state index >= 15 is 0 Å². The van der Waals surface area contributed by atoms with Gasteiger partial charge in [-0.1, -0.05) is 18.2 Å². The molecule has 0 saturated carbocycles. The predicted octanol–water partition coefficient (Wildman–Crippen LogP) is 3.54. The van der Waals surface area contributed by atoms with E-state index < -0.39 is 0 Å². The average molecular weight is 387 g/mol. The number of hydrogen-bond acceptors (Lipinski definition) is 4. The second-order valence-corrected chi connectivity index (χ2v) is 6.79. The first-order chi connectivity index (χ1) is 13.5. The number of halogens is 1. The standard InChI is InChI=1S/C22H30FN3O2/c1-5-26(6-2)20-12-11-17(15-19(20)23)16-24-22(27)18-9-7-8-10-21(18)28-14-13-25(3)4/h7-12,15H,5-6,13-14,16H2,1-4H3,(H,24,27). The molecule has 0 unspecified atom stereocenters. The smallest absolute Gasteiger partial charge is 0.255 e. The van der Waals surface area contributed by atoms with Gasteiger partial charge in [0.25, 0.3) is 5.91 Å². The maximum atomic E-state index is 14.4. The fraction of sp³-hybridized carbons (Fsp3) is 0.409. The van der Waals surface area contributed by atoms with Gasteiger partial charge in [0.15, 0.2) is 0 Å². The van der Waals surface area contributed by atoms with Gasteiger partial charge in [-0.15, -0.1) is 0 Å². The number of likely N-dealkylation sites (N-methyl/N-ethyl adjacent to an activating group) is 1. The molecule has 0 fully saturated rings. The van der Waals surface area contributed by atoms with Crippen molar-refractivity contribution in [2.45, 2.75) is 20.4 Å². The fourth-order valence-electron chi connectivity index (χ4n) is 2.88. The molecule has 1 N–H and O–H groups in total. The first-order valence-electron chi connectivity index (χ1n) is 9.64. The molecule has 0 aliphatic heterocycles. The molecular formula is C22H30FN3O2. The summed E-state index contributed by atoms with van der Waals surface area (Å²) in [7, 11) is 3.93. The van der Waals surface area contributed by atoms with Crippen molar-refractivity contribution in [2.24, 2.45) is 0 Å². The molecule has 0 spiro atoms. The van der Waals surface area contributed by atoms with E-state index in [1.54, 1.807) is 24.3 Å². The topological polar surface area (TPSA) is 44.8 Å². The number of benzene rings is 2. The Labute approximate surface area is 167 Å². The lowest BCUT2D eigenvalue weighted by molar-refractivity contribution is 0.0946. The van der Waals surface area contributed by atoms with Crippen molar-refractivity contribution in [3.8, 4) is 5.75 Å². The number of hydrogen-bond donors (Lipinski definition) is 1. The predicted molar refractivity (Wildman–Crippen MR) is 112 cm³/mol. The summed E-state index contributed by atoms with van der Waals surface area (Å²) in [6, 6.07) is 12.2. The minimum atomic E-state index is -0.275. The van der Waals surface area contributed by atoms with E-state index in [4.69, 9.17) is 4.74 Å². The van der Waals surface area contributed by atoms with Gasteiger partial charge < -0.3 is 19.9 Å². The van der Waals surface area contributed by atoms with Gasteiger partial charge in [0.1, 0.15) is 18.2 Å². The van der Waals surface area contributed by atoms with Crippen molar-refractivity contribution in [1.29, 1.82) is 0 Å². The van der Waals surface area contributed by atoms with E-state index in [-0.39, 0.29) is 18.3 Å². The van der Waals surface area contributed by atoms with Crippen LogP contribution in [0.3, 0.4) is 0 Å². The van der Waals surface area contributed by atoms with E-state index in [9.17, 15) is 9.18 Å². The van der Waals surface area contributed by atoms with Crippen LogP contribution in [0.15, 0.2) is 42.5 Å². The minimum absolute atomic E-state index is 0.242. The molecule has 0 aliphatic rings. The first-order valence-corrected chi connectivity index (χ1v) is 9.64. The summed E-state index contributed by atoms with van der Waals surface area (Å²) >= 11 is 0. The maximum Gasteiger partial charge on any atom is 0.255 e. The quantitative estimate of drug-likeness (QED) is 0.677. The fourth-order valence-corrected chi connectivity index (χ4v) is 2.88. The molecule has 152 valence electrons. The zero-order chi connectivity index (χ0) is 20.5. The van der Waals surface area contributed by atoms with Gasteiger partial charge in [-0.05, 0) is 57.8 Å². The zero-order valence-corrected chi connectivity index (χ0v) is 17.2.